The molecule has 1 saturated heterocycles. The average molecular weight is 333 g/mol. The highest BCUT2D eigenvalue weighted by atomic mass is 35.5. The third kappa shape index (κ3) is 2.18. The molecule has 1 spiro atoms. The van der Waals surface area contributed by atoms with Gasteiger partial charge in [-0.05, 0) is 61.1 Å². The Bertz CT molecular complexity index is 707. The second-order valence-electron chi connectivity index (χ2n) is 6.06. The summed E-state index contributed by atoms with van der Waals surface area (Å²) in [5.41, 5.74) is 2.33. The molecule has 1 aromatic carbocycles. The number of carbonyl (C=O) groups excluding carboxylic acids is 1. The van der Waals surface area contributed by atoms with E-state index < -0.39 is 0 Å². The zero-order chi connectivity index (χ0) is 15.2. The Morgan fingerprint density at radius 3 is 2.82 bits per heavy atom. The number of anilines is 1. The third-order valence-electron chi connectivity index (χ3n) is 4.82. The van der Waals surface area contributed by atoms with Gasteiger partial charge in [-0.25, -0.2) is 0 Å². The molecule has 0 atom stereocenters. The summed E-state index contributed by atoms with van der Waals surface area (Å²) in [4.78, 5) is 15.6. The van der Waals surface area contributed by atoms with Crippen LogP contribution < -0.4 is 10.2 Å². The zero-order valence-corrected chi connectivity index (χ0v) is 13.7. The molecule has 1 N–H and O–H groups in total. The van der Waals surface area contributed by atoms with Gasteiger partial charge in [0, 0.05) is 22.7 Å². The molecular formula is C17H17ClN2OS. The van der Waals surface area contributed by atoms with Crippen molar-refractivity contribution < 1.29 is 4.79 Å². The molecule has 0 bridgehead atoms. The average Bonchev–Trinajstić information content (AvgIpc) is 3.16. The van der Waals surface area contributed by atoms with Crippen LogP contribution in [0.5, 0.6) is 0 Å². The van der Waals surface area contributed by atoms with E-state index in [4.69, 9.17) is 11.6 Å². The number of halogens is 1. The second-order valence-corrected chi connectivity index (χ2v) is 7.44. The van der Waals surface area contributed by atoms with Crippen LogP contribution in [0.4, 0.5) is 5.69 Å². The smallest absolute Gasteiger partial charge is 0.268 e. The van der Waals surface area contributed by atoms with E-state index in [1.807, 2.05) is 34.5 Å². The maximum absolute atomic E-state index is 12.9. The number of thiophene rings is 1. The van der Waals surface area contributed by atoms with Crippen molar-refractivity contribution in [3.05, 3.63) is 51.2 Å². The summed E-state index contributed by atoms with van der Waals surface area (Å²) in [5.74, 6) is 0.106. The van der Waals surface area contributed by atoms with Gasteiger partial charge < -0.3 is 10.2 Å². The standard InChI is InChI=1S/C17H17ClN2OS/c18-12-3-4-14-13(10-12)17(5-7-19-8-6-17)11-20(14)16(21)15-2-1-9-22-15/h1-4,9-10,19H,5-8,11H2. The predicted octanol–water partition coefficient (Wildman–Crippen LogP) is 3.68. The Hall–Kier alpha value is -1.36. The predicted molar refractivity (Wildman–Crippen MR) is 91.2 cm³/mol. The molecule has 2 aliphatic rings. The molecule has 3 heterocycles. The summed E-state index contributed by atoms with van der Waals surface area (Å²) in [5, 5.41) is 6.12. The van der Waals surface area contributed by atoms with E-state index in [0.29, 0.717) is 0 Å². The fourth-order valence-electron chi connectivity index (χ4n) is 3.69. The molecule has 0 radical (unpaired) electrons. The van der Waals surface area contributed by atoms with E-state index in [9.17, 15) is 4.79 Å². The van der Waals surface area contributed by atoms with Gasteiger partial charge in [-0.2, -0.15) is 0 Å². The van der Waals surface area contributed by atoms with Gasteiger partial charge >= 0.3 is 0 Å². The third-order valence-corrected chi connectivity index (χ3v) is 5.91. The molecule has 0 saturated carbocycles. The van der Waals surface area contributed by atoms with Gasteiger partial charge in [0.25, 0.3) is 5.91 Å². The van der Waals surface area contributed by atoms with Gasteiger partial charge in [-0.15, -0.1) is 11.3 Å². The Balaban J connectivity index is 1.78. The molecule has 1 fully saturated rings. The van der Waals surface area contributed by atoms with Crippen molar-refractivity contribution in [3.63, 3.8) is 0 Å². The van der Waals surface area contributed by atoms with Crippen LogP contribution in [0.2, 0.25) is 5.02 Å². The van der Waals surface area contributed by atoms with E-state index in [1.54, 1.807) is 0 Å². The van der Waals surface area contributed by atoms with Crippen molar-refractivity contribution in [2.24, 2.45) is 0 Å². The summed E-state index contributed by atoms with van der Waals surface area (Å²) >= 11 is 7.74. The lowest BCUT2D eigenvalue weighted by atomic mass is 9.75. The van der Waals surface area contributed by atoms with Crippen molar-refractivity contribution in [3.8, 4) is 0 Å². The Labute approximate surface area is 138 Å². The molecule has 0 aliphatic carbocycles. The van der Waals surface area contributed by atoms with E-state index in [0.717, 1.165) is 48.1 Å². The molecule has 5 heteroatoms. The first-order chi connectivity index (χ1) is 10.7. The van der Waals surface area contributed by atoms with E-state index in [1.165, 1.54) is 16.9 Å². The largest absolute Gasteiger partial charge is 0.317 e. The lowest BCUT2D eigenvalue weighted by molar-refractivity contribution is 0.0986. The summed E-state index contributed by atoms with van der Waals surface area (Å²) < 4.78 is 0. The van der Waals surface area contributed by atoms with Crippen LogP contribution in [-0.4, -0.2) is 25.5 Å². The minimum Gasteiger partial charge on any atom is -0.317 e. The maximum atomic E-state index is 12.9. The molecule has 2 aromatic rings. The van der Waals surface area contributed by atoms with Crippen LogP contribution in [0.1, 0.15) is 28.1 Å². The highest BCUT2D eigenvalue weighted by Crippen LogP contribution is 2.47. The van der Waals surface area contributed by atoms with Crippen LogP contribution in [0.15, 0.2) is 35.7 Å². The van der Waals surface area contributed by atoms with Gasteiger partial charge in [0.15, 0.2) is 0 Å². The SMILES string of the molecule is O=C(c1cccs1)N1CC2(CCNCC2)c2cc(Cl)ccc21. The fourth-order valence-corrected chi connectivity index (χ4v) is 4.53. The quantitative estimate of drug-likeness (QED) is 0.864. The highest BCUT2D eigenvalue weighted by Gasteiger charge is 2.45. The number of rotatable bonds is 1. The summed E-state index contributed by atoms with van der Waals surface area (Å²) in [7, 11) is 0. The Morgan fingerprint density at radius 2 is 2.09 bits per heavy atom. The topological polar surface area (TPSA) is 32.3 Å². The fraction of sp³-hybridized carbons (Fsp3) is 0.353. The minimum absolute atomic E-state index is 0.0540. The van der Waals surface area contributed by atoms with Gasteiger partial charge in [-0.1, -0.05) is 17.7 Å². The first-order valence-corrected chi connectivity index (χ1v) is 8.82. The van der Waals surface area contributed by atoms with Crippen LogP contribution in [-0.2, 0) is 5.41 Å². The molecule has 114 valence electrons. The number of fused-ring (bicyclic) bond motifs is 2. The molecule has 1 aromatic heterocycles. The number of amides is 1. The number of nitrogens with zero attached hydrogens (tertiary/aromatic N) is 1. The molecule has 0 unspecified atom stereocenters. The molecule has 2 aliphatic heterocycles. The van der Waals surface area contributed by atoms with Gasteiger partial charge in [0.1, 0.15) is 0 Å². The zero-order valence-electron chi connectivity index (χ0n) is 12.1. The second kappa shape index (κ2) is 5.37. The van der Waals surface area contributed by atoms with Crippen molar-refractivity contribution >= 4 is 34.5 Å². The first-order valence-electron chi connectivity index (χ1n) is 7.56. The Kier molecular flexibility index (Phi) is 3.48. The van der Waals surface area contributed by atoms with Crippen LogP contribution in [0, 0.1) is 0 Å². The van der Waals surface area contributed by atoms with Crippen LogP contribution >= 0.6 is 22.9 Å². The number of benzene rings is 1. The van der Waals surface area contributed by atoms with Gasteiger partial charge in [0.05, 0.1) is 4.88 Å². The highest BCUT2D eigenvalue weighted by molar-refractivity contribution is 7.12. The molecule has 1 amide bonds. The van der Waals surface area contributed by atoms with Crippen molar-refractivity contribution in [1.82, 2.24) is 5.32 Å². The van der Waals surface area contributed by atoms with Crippen molar-refractivity contribution in [2.45, 2.75) is 18.3 Å². The monoisotopic (exact) mass is 332 g/mol. The van der Waals surface area contributed by atoms with Crippen molar-refractivity contribution in [2.75, 3.05) is 24.5 Å². The number of piperidine rings is 1. The number of hydrogen-bond donors (Lipinski definition) is 1. The van der Waals surface area contributed by atoms with Gasteiger partial charge in [0.2, 0.25) is 0 Å². The van der Waals surface area contributed by atoms with Crippen LogP contribution in [0.25, 0.3) is 0 Å². The first kappa shape index (κ1) is 14.2. The lowest BCUT2D eigenvalue weighted by Crippen LogP contribution is -2.44. The molecule has 22 heavy (non-hydrogen) atoms. The van der Waals surface area contributed by atoms with Crippen LogP contribution in [0.3, 0.4) is 0 Å². The van der Waals surface area contributed by atoms with E-state index >= 15 is 0 Å². The number of nitrogens with one attached hydrogen (secondary N) is 1. The summed E-state index contributed by atoms with van der Waals surface area (Å²) in [6.45, 7) is 2.75. The molecule has 3 nitrogen and oxygen atoms in total. The van der Waals surface area contributed by atoms with Gasteiger partial charge in [-0.3, -0.25) is 4.79 Å². The summed E-state index contributed by atoms with van der Waals surface area (Å²) in [6.07, 6.45) is 2.10. The summed E-state index contributed by atoms with van der Waals surface area (Å²) in [6, 6.07) is 9.77. The molecular weight excluding hydrogens is 316 g/mol. The minimum atomic E-state index is 0.0540. The van der Waals surface area contributed by atoms with E-state index in [2.05, 4.69) is 11.4 Å². The Morgan fingerprint density at radius 1 is 1.27 bits per heavy atom. The van der Waals surface area contributed by atoms with E-state index in [-0.39, 0.29) is 11.3 Å². The molecule has 4 rings (SSSR count). The van der Waals surface area contributed by atoms with Crippen molar-refractivity contribution in [1.29, 1.82) is 0 Å². The number of carbonyl (C=O) groups is 1. The normalized spacial score (nSPS) is 19.4. The lowest BCUT2D eigenvalue weighted by Gasteiger charge is -2.34. The maximum Gasteiger partial charge on any atom is 0.268 e. The number of hydrogen-bond acceptors (Lipinski definition) is 3.